The number of carbonyl (C=O) groups is 2. The maximum absolute atomic E-state index is 14.0. The summed E-state index contributed by atoms with van der Waals surface area (Å²) < 4.78 is 8.08. The molecule has 11 heteroatoms. The Hall–Kier alpha value is -3.44. The summed E-state index contributed by atoms with van der Waals surface area (Å²) >= 11 is 0.987. The molecule has 0 saturated heterocycles. The van der Waals surface area contributed by atoms with Crippen molar-refractivity contribution in [3.05, 3.63) is 60.6 Å². The van der Waals surface area contributed by atoms with Crippen molar-refractivity contribution in [2.75, 3.05) is 6.54 Å². The number of carboxylic acid groups (broad SMARTS) is 1. The number of nitrogens with one attached hydrogen (secondary N) is 1. The third-order valence-corrected chi connectivity index (χ3v) is 9.35. The van der Waals surface area contributed by atoms with E-state index in [4.69, 9.17) is 4.74 Å². The maximum Gasteiger partial charge on any atom is 0.333 e. The molecule has 1 aliphatic carbocycles. The number of hydrogen-bond donors (Lipinski definition) is 3. The van der Waals surface area contributed by atoms with Crippen LogP contribution >= 0.6 is 11.3 Å². The van der Waals surface area contributed by atoms with Crippen molar-refractivity contribution in [2.24, 2.45) is 0 Å². The number of aryl methyl sites for hydroxylation is 1. The van der Waals surface area contributed by atoms with Gasteiger partial charge < -0.3 is 20.3 Å². The summed E-state index contributed by atoms with van der Waals surface area (Å²) in [6, 6.07) is 5.72. The molecular weight excluding hydrogens is 558 g/mol. The molecule has 228 valence electrons. The predicted molar refractivity (Wildman–Crippen MR) is 163 cm³/mol. The minimum absolute atomic E-state index is 0.0848. The van der Waals surface area contributed by atoms with Crippen molar-refractivity contribution < 1.29 is 24.5 Å². The van der Waals surface area contributed by atoms with Crippen molar-refractivity contribution in [3.8, 4) is 5.75 Å². The van der Waals surface area contributed by atoms with Gasteiger partial charge in [0.1, 0.15) is 22.2 Å². The average molecular weight is 600 g/mol. The molecule has 1 aliphatic rings. The Morgan fingerprint density at radius 3 is 2.43 bits per heavy atom. The van der Waals surface area contributed by atoms with Crippen LogP contribution in [0.15, 0.2) is 27.8 Å². The van der Waals surface area contributed by atoms with Crippen molar-refractivity contribution in [1.82, 2.24) is 14.5 Å². The number of rotatable bonds is 10. The van der Waals surface area contributed by atoms with Crippen LogP contribution in [0, 0.1) is 6.92 Å². The topological polar surface area (TPSA) is 140 Å². The number of thiophene rings is 1. The molecule has 1 atom stereocenters. The second-order valence-corrected chi connectivity index (χ2v) is 12.8. The van der Waals surface area contributed by atoms with E-state index < -0.39 is 34.8 Å². The highest BCUT2D eigenvalue weighted by Gasteiger charge is 2.36. The second-order valence-electron chi connectivity index (χ2n) is 11.8. The molecule has 2 aromatic heterocycles. The predicted octanol–water partition coefficient (Wildman–Crippen LogP) is 4.67. The van der Waals surface area contributed by atoms with E-state index in [2.05, 4.69) is 5.32 Å². The zero-order valence-electron chi connectivity index (χ0n) is 25.2. The van der Waals surface area contributed by atoms with Crippen LogP contribution in [0.5, 0.6) is 5.75 Å². The van der Waals surface area contributed by atoms with Gasteiger partial charge in [-0.3, -0.25) is 14.2 Å². The minimum atomic E-state index is -1.89. The van der Waals surface area contributed by atoms with Crippen molar-refractivity contribution in [3.63, 3.8) is 0 Å². The van der Waals surface area contributed by atoms with E-state index in [1.807, 2.05) is 26.0 Å². The summed E-state index contributed by atoms with van der Waals surface area (Å²) in [5.41, 5.74) is -1.63. The number of hydrogen-bond acceptors (Lipinski definition) is 7. The Labute approximate surface area is 248 Å². The number of benzene rings is 1. The first-order chi connectivity index (χ1) is 19.8. The lowest BCUT2D eigenvalue weighted by atomic mass is 9.81. The van der Waals surface area contributed by atoms with Crippen molar-refractivity contribution in [1.29, 1.82) is 0 Å². The number of aromatic nitrogens is 2. The molecule has 1 fully saturated rings. The molecule has 0 bridgehead atoms. The summed E-state index contributed by atoms with van der Waals surface area (Å²) in [6.07, 6.45) is 3.91. The molecule has 3 N–H and O–H groups in total. The lowest BCUT2D eigenvalue weighted by Gasteiger charge is -2.29. The molecule has 0 spiro atoms. The van der Waals surface area contributed by atoms with Gasteiger partial charge in [-0.2, -0.15) is 0 Å². The van der Waals surface area contributed by atoms with Crippen LogP contribution in [0.3, 0.4) is 0 Å². The van der Waals surface area contributed by atoms with Gasteiger partial charge in [-0.25, -0.2) is 14.2 Å². The number of carboxylic acids is 1. The van der Waals surface area contributed by atoms with Crippen LogP contribution in [0.25, 0.3) is 10.2 Å². The molecule has 4 rings (SSSR count). The molecule has 2 heterocycles. The Kier molecular flexibility index (Phi) is 9.32. The molecule has 1 saturated carbocycles. The molecule has 1 amide bonds. The number of aliphatic carboxylic acids is 1. The van der Waals surface area contributed by atoms with E-state index in [0.717, 1.165) is 49.0 Å². The number of aliphatic hydroxyl groups is 1. The monoisotopic (exact) mass is 599 g/mol. The minimum Gasteiger partial charge on any atom is -0.491 e. The molecule has 10 nitrogen and oxygen atoms in total. The molecule has 0 radical (unpaired) electrons. The van der Waals surface area contributed by atoms with E-state index in [-0.39, 0.29) is 33.7 Å². The number of aliphatic hydroxyl groups excluding tert-OH is 1. The van der Waals surface area contributed by atoms with Crippen LogP contribution < -0.4 is 21.3 Å². The highest BCUT2D eigenvalue weighted by atomic mass is 32.1. The number of carbonyl (C=O) groups excluding carboxylic acids is 1. The molecular formula is C31H41N3O7S. The van der Waals surface area contributed by atoms with Crippen LogP contribution in [-0.4, -0.2) is 43.9 Å². The van der Waals surface area contributed by atoms with Crippen LogP contribution in [-0.2, 0) is 16.9 Å². The average Bonchev–Trinajstić information content (AvgIpc) is 3.28. The fourth-order valence-corrected chi connectivity index (χ4v) is 7.08. The largest absolute Gasteiger partial charge is 0.491 e. The standard InChI is InChI=1S/C31H41N3O7S/c1-7-32-26(36)25-18(4)23-27(37)34(31(5,6)29(38)39)30(40)33(28(23)42-25)16-21(35)24-20(19-12-9-8-10-13-19)14-11-15-22(24)41-17(2)3/h11,14-15,17,19,21,35H,7-10,12-13,16H2,1-6H3,(H,32,36)(H,38,39)/t21-/m0/s1. The summed E-state index contributed by atoms with van der Waals surface area (Å²) in [7, 11) is 0. The van der Waals surface area contributed by atoms with Crippen molar-refractivity contribution in [2.45, 2.75) is 104 Å². The normalized spacial score (nSPS) is 15.2. The molecule has 0 unspecified atom stereocenters. The lowest BCUT2D eigenvalue weighted by molar-refractivity contribution is -0.146. The SMILES string of the molecule is CCNC(=O)c1sc2c(c1C)c(=O)n(C(C)(C)C(=O)O)c(=O)n2C[C@H](O)c1c(OC(C)C)cccc1C1CCCCC1. The van der Waals surface area contributed by atoms with Gasteiger partial charge in [0.05, 0.1) is 22.9 Å². The second kappa shape index (κ2) is 12.4. The highest BCUT2D eigenvalue weighted by Crippen LogP contribution is 2.41. The van der Waals surface area contributed by atoms with Gasteiger partial charge in [-0.15, -0.1) is 11.3 Å². The Balaban J connectivity index is 1.98. The van der Waals surface area contributed by atoms with Gasteiger partial charge in [0.25, 0.3) is 11.5 Å². The third kappa shape index (κ3) is 5.76. The van der Waals surface area contributed by atoms with Gasteiger partial charge in [-0.05, 0) is 77.5 Å². The number of fused-ring (bicyclic) bond motifs is 1. The first-order valence-corrected chi connectivity index (χ1v) is 15.4. The molecule has 42 heavy (non-hydrogen) atoms. The van der Waals surface area contributed by atoms with Crippen molar-refractivity contribution >= 4 is 33.4 Å². The smallest absolute Gasteiger partial charge is 0.333 e. The van der Waals surface area contributed by atoms with E-state index in [0.29, 0.717) is 28.0 Å². The van der Waals surface area contributed by atoms with Gasteiger partial charge in [0.15, 0.2) is 0 Å². The molecule has 0 aliphatic heterocycles. The van der Waals surface area contributed by atoms with E-state index in [9.17, 15) is 29.4 Å². The first-order valence-electron chi connectivity index (χ1n) is 14.6. The Bertz CT molecular complexity index is 1610. The van der Waals surface area contributed by atoms with Gasteiger partial charge in [0, 0.05) is 12.1 Å². The number of ether oxygens (including phenoxy) is 1. The summed E-state index contributed by atoms with van der Waals surface area (Å²) in [6.45, 7) is 9.85. The Morgan fingerprint density at radius 1 is 1.17 bits per heavy atom. The number of amides is 1. The maximum atomic E-state index is 14.0. The third-order valence-electron chi connectivity index (χ3n) is 8.03. The molecule has 1 aromatic carbocycles. The van der Waals surface area contributed by atoms with Crippen LogP contribution in [0.1, 0.15) is 105 Å². The summed E-state index contributed by atoms with van der Waals surface area (Å²) in [4.78, 5) is 53.3. The van der Waals surface area contributed by atoms with E-state index >= 15 is 0 Å². The molecule has 3 aromatic rings. The lowest BCUT2D eigenvalue weighted by Crippen LogP contribution is -2.52. The van der Waals surface area contributed by atoms with Gasteiger partial charge >= 0.3 is 11.7 Å². The van der Waals surface area contributed by atoms with E-state index in [1.54, 1.807) is 19.9 Å². The van der Waals surface area contributed by atoms with Gasteiger partial charge in [0.2, 0.25) is 0 Å². The Morgan fingerprint density at radius 2 is 1.83 bits per heavy atom. The van der Waals surface area contributed by atoms with Crippen LogP contribution in [0.4, 0.5) is 0 Å². The highest BCUT2D eigenvalue weighted by molar-refractivity contribution is 7.20. The quantitative estimate of drug-likeness (QED) is 0.308. The fraction of sp³-hybridized carbons (Fsp3) is 0.548. The van der Waals surface area contributed by atoms with E-state index in [1.165, 1.54) is 18.4 Å². The fourth-order valence-electron chi connectivity index (χ4n) is 5.86. The first kappa shape index (κ1) is 31.5. The summed E-state index contributed by atoms with van der Waals surface area (Å²) in [5.74, 6) is -1.01. The summed E-state index contributed by atoms with van der Waals surface area (Å²) in [5, 5.41) is 24.7. The zero-order valence-corrected chi connectivity index (χ0v) is 26.0. The van der Waals surface area contributed by atoms with Gasteiger partial charge in [-0.1, -0.05) is 31.4 Å². The number of nitrogens with zero attached hydrogens (tertiary/aromatic N) is 2. The van der Waals surface area contributed by atoms with Crippen LogP contribution in [0.2, 0.25) is 0 Å². The zero-order chi connectivity index (χ0) is 30.9.